The topological polar surface area (TPSA) is 23.0 Å². The largest absolute Gasteiger partial charge is 0.456 e. The van der Waals surface area contributed by atoms with Gasteiger partial charge in [0.25, 0.3) is 0 Å². The van der Waals surface area contributed by atoms with E-state index in [1.807, 2.05) is 13.8 Å². The molecule has 1 radical (unpaired) electrons. The van der Waals surface area contributed by atoms with E-state index < -0.39 is 0 Å². The molecule has 3 aromatic heterocycles. The van der Waals surface area contributed by atoms with Gasteiger partial charge in [0.1, 0.15) is 11.2 Å². The van der Waals surface area contributed by atoms with Gasteiger partial charge in [0, 0.05) is 62.2 Å². The smallest absolute Gasteiger partial charge is 0.135 e. The standard InChI is InChI=1S/C42H26N2O.C2H6.V/c1-2-10-29(11-3-1)43-39-17-9-6-14-33(39)34-24-27(18-21-40(34)43)28-19-22-41-35(25-28)36-26-30(20-23-42(36)45-41)44-37-15-7-4-12-31(37)32-13-5-8-16-38(32)44;1-2;/h1-26H;1-2H3;. The maximum atomic E-state index is 6.36. The average molecular weight is 656 g/mol. The predicted octanol–water partition coefficient (Wildman–Crippen LogP) is 12.5. The number of hydrogen-bond acceptors (Lipinski definition) is 1. The fourth-order valence-electron chi connectivity index (χ4n) is 7.29. The van der Waals surface area contributed by atoms with Gasteiger partial charge in [0.05, 0.1) is 22.1 Å². The van der Waals surface area contributed by atoms with Crippen molar-refractivity contribution in [2.24, 2.45) is 0 Å². The normalized spacial score (nSPS) is 11.4. The van der Waals surface area contributed by atoms with Crippen LogP contribution in [0, 0.1) is 0 Å². The van der Waals surface area contributed by atoms with E-state index in [-0.39, 0.29) is 18.6 Å². The van der Waals surface area contributed by atoms with Crippen LogP contribution in [-0.4, -0.2) is 9.13 Å². The van der Waals surface area contributed by atoms with Crippen molar-refractivity contribution in [3.63, 3.8) is 0 Å². The van der Waals surface area contributed by atoms with Crippen molar-refractivity contribution in [2.45, 2.75) is 13.8 Å². The third kappa shape index (κ3) is 4.51. The average Bonchev–Trinajstić information content (AvgIpc) is 3.79. The van der Waals surface area contributed by atoms with Crippen molar-refractivity contribution in [2.75, 3.05) is 0 Å². The van der Waals surface area contributed by atoms with E-state index in [0.29, 0.717) is 0 Å². The molecule has 3 nitrogen and oxygen atoms in total. The van der Waals surface area contributed by atoms with Crippen molar-refractivity contribution < 1.29 is 23.0 Å². The van der Waals surface area contributed by atoms with Crippen molar-refractivity contribution in [1.82, 2.24) is 9.13 Å². The quantitative estimate of drug-likeness (QED) is 0.186. The summed E-state index contributed by atoms with van der Waals surface area (Å²) >= 11 is 0. The molecule has 0 saturated carbocycles. The SMILES string of the molecule is CC.[V].c1ccc(-n2c3ccccc3c3cc(-c4ccc5oc6ccc(-n7c8ccccc8c8ccccc87)cc6c5c4)ccc32)cc1. The second-order valence-corrected chi connectivity index (χ2v) is 11.8. The molecule has 0 aliphatic rings. The van der Waals surface area contributed by atoms with E-state index in [9.17, 15) is 0 Å². The number of para-hydroxylation sites is 4. The van der Waals surface area contributed by atoms with E-state index in [4.69, 9.17) is 4.42 Å². The second kappa shape index (κ2) is 12.0. The molecule has 0 N–H and O–H groups in total. The second-order valence-electron chi connectivity index (χ2n) is 11.8. The molecule has 0 aliphatic heterocycles. The van der Waals surface area contributed by atoms with E-state index in [1.54, 1.807) is 0 Å². The van der Waals surface area contributed by atoms with Crippen LogP contribution < -0.4 is 0 Å². The molecule has 0 fully saturated rings. The van der Waals surface area contributed by atoms with Gasteiger partial charge in [-0.15, -0.1) is 0 Å². The van der Waals surface area contributed by atoms with Crippen LogP contribution in [0.1, 0.15) is 13.8 Å². The molecule has 7 aromatic carbocycles. The molecule has 0 aliphatic carbocycles. The zero-order valence-electron chi connectivity index (χ0n) is 26.8. The van der Waals surface area contributed by atoms with Crippen molar-refractivity contribution >= 4 is 65.6 Å². The Kier molecular flexibility index (Phi) is 7.45. The van der Waals surface area contributed by atoms with Gasteiger partial charge in [-0.2, -0.15) is 0 Å². The molecular formula is C44H32N2OV. The Morgan fingerprint density at radius 1 is 0.354 bits per heavy atom. The molecule has 0 spiro atoms. The zero-order chi connectivity index (χ0) is 31.5. The Bertz CT molecular complexity index is 2710. The van der Waals surface area contributed by atoms with Crippen molar-refractivity contribution in [3.8, 4) is 22.5 Å². The Labute approximate surface area is 290 Å². The summed E-state index contributed by atoms with van der Waals surface area (Å²) in [4.78, 5) is 0. The molecule has 10 aromatic rings. The first-order valence-electron chi connectivity index (χ1n) is 16.4. The summed E-state index contributed by atoms with van der Waals surface area (Å²) in [5.41, 5.74) is 11.3. The van der Waals surface area contributed by atoms with Crippen molar-refractivity contribution in [3.05, 3.63) is 158 Å². The zero-order valence-corrected chi connectivity index (χ0v) is 28.2. The van der Waals surface area contributed by atoms with Crippen LogP contribution in [0.4, 0.5) is 0 Å². The summed E-state index contributed by atoms with van der Waals surface area (Å²) in [6.07, 6.45) is 0. The molecule has 0 bridgehead atoms. The number of aromatic nitrogens is 2. The van der Waals surface area contributed by atoms with Crippen LogP contribution in [0.15, 0.2) is 162 Å². The Hall–Kier alpha value is -5.48. The van der Waals surface area contributed by atoms with Gasteiger partial charge in [-0.3, -0.25) is 0 Å². The molecule has 0 amide bonds. The molecule has 48 heavy (non-hydrogen) atoms. The maximum absolute atomic E-state index is 6.36. The number of rotatable bonds is 3. The number of hydrogen-bond donors (Lipinski definition) is 0. The third-order valence-electron chi connectivity index (χ3n) is 9.31. The van der Waals surface area contributed by atoms with Crippen LogP contribution >= 0.6 is 0 Å². The summed E-state index contributed by atoms with van der Waals surface area (Å²) in [5.74, 6) is 0. The van der Waals surface area contributed by atoms with Crippen molar-refractivity contribution in [1.29, 1.82) is 0 Å². The van der Waals surface area contributed by atoms with Crippen LogP contribution in [0.5, 0.6) is 0 Å². The molecule has 0 saturated heterocycles. The van der Waals surface area contributed by atoms with Gasteiger partial charge >= 0.3 is 0 Å². The minimum absolute atomic E-state index is 0. The van der Waals surface area contributed by atoms with E-state index >= 15 is 0 Å². The number of benzene rings is 7. The summed E-state index contributed by atoms with van der Waals surface area (Å²) in [6, 6.07) is 56.5. The van der Waals surface area contributed by atoms with Gasteiger partial charge in [-0.05, 0) is 83.9 Å². The summed E-state index contributed by atoms with van der Waals surface area (Å²) < 4.78 is 11.1. The Balaban J connectivity index is 0.00000110. The van der Waals surface area contributed by atoms with Crippen LogP contribution in [0.25, 0.3) is 88.1 Å². The van der Waals surface area contributed by atoms with Crippen LogP contribution in [0.3, 0.4) is 0 Å². The summed E-state index contributed by atoms with van der Waals surface area (Å²) in [5, 5.41) is 7.26. The fraction of sp³-hybridized carbons (Fsp3) is 0.0455. The maximum Gasteiger partial charge on any atom is 0.135 e. The fourth-order valence-corrected chi connectivity index (χ4v) is 7.29. The van der Waals surface area contributed by atoms with Gasteiger partial charge in [0.2, 0.25) is 0 Å². The van der Waals surface area contributed by atoms with E-state index in [1.165, 1.54) is 60.4 Å². The van der Waals surface area contributed by atoms with E-state index in [0.717, 1.165) is 27.6 Å². The Morgan fingerprint density at radius 3 is 1.42 bits per heavy atom. The minimum atomic E-state index is 0. The molecule has 0 atom stereocenters. The van der Waals surface area contributed by atoms with Gasteiger partial charge in [-0.25, -0.2) is 0 Å². The monoisotopic (exact) mass is 655 g/mol. The number of furan rings is 1. The minimum Gasteiger partial charge on any atom is -0.456 e. The van der Waals surface area contributed by atoms with Crippen LogP contribution in [-0.2, 0) is 18.6 Å². The molecular weight excluding hydrogens is 623 g/mol. The third-order valence-corrected chi connectivity index (χ3v) is 9.31. The summed E-state index contributed by atoms with van der Waals surface area (Å²) in [7, 11) is 0. The van der Waals surface area contributed by atoms with Gasteiger partial charge in [-0.1, -0.05) is 98.8 Å². The summed E-state index contributed by atoms with van der Waals surface area (Å²) in [6.45, 7) is 4.00. The first-order chi connectivity index (χ1) is 23.3. The number of fused-ring (bicyclic) bond motifs is 9. The number of nitrogens with zero attached hydrogens (tertiary/aromatic N) is 2. The van der Waals surface area contributed by atoms with Gasteiger partial charge in [0.15, 0.2) is 0 Å². The molecule has 229 valence electrons. The molecule has 3 heterocycles. The predicted molar refractivity (Wildman–Crippen MR) is 199 cm³/mol. The first kappa shape index (κ1) is 29.9. The van der Waals surface area contributed by atoms with Gasteiger partial charge < -0.3 is 13.6 Å². The van der Waals surface area contributed by atoms with E-state index in [2.05, 4.69) is 167 Å². The molecule has 10 rings (SSSR count). The molecule has 0 unspecified atom stereocenters. The first-order valence-corrected chi connectivity index (χ1v) is 16.4. The van der Waals surface area contributed by atoms with Crippen LogP contribution in [0.2, 0.25) is 0 Å². The Morgan fingerprint density at radius 2 is 0.792 bits per heavy atom. The molecule has 4 heteroatoms.